The Bertz CT molecular complexity index is 346. The summed E-state index contributed by atoms with van der Waals surface area (Å²) >= 11 is 10.3. The van der Waals surface area contributed by atoms with Gasteiger partial charge in [-0.1, -0.05) is 30.7 Å². The molecule has 0 aliphatic carbocycles. The standard InChI is InChI=1S/C13H20ClNOS/c1-2-5-16-8-11-6-10(3-4-13(11)14)7-12(15)9-17/h3-4,6,12,17H,2,5,7-9,15H2,1H3. The van der Waals surface area contributed by atoms with Gasteiger partial charge in [-0.25, -0.2) is 0 Å². The highest BCUT2D eigenvalue weighted by Crippen LogP contribution is 2.19. The van der Waals surface area contributed by atoms with E-state index in [9.17, 15) is 0 Å². The van der Waals surface area contributed by atoms with Crippen molar-refractivity contribution in [2.45, 2.75) is 32.4 Å². The molecular formula is C13H20ClNOS. The summed E-state index contributed by atoms with van der Waals surface area (Å²) in [6.45, 7) is 3.41. The molecule has 4 heteroatoms. The largest absolute Gasteiger partial charge is 0.377 e. The van der Waals surface area contributed by atoms with E-state index >= 15 is 0 Å². The maximum absolute atomic E-state index is 6.12. The molecule has 1 aromatic rings. The number of rotatable bonds is 7. The van der Waals surface area contributed by atoms with Crippen molar-refractivity contribution in [3.63, 3.8) is 0 Å². The van der Waals surface area contributed by atoms with Crippen molar-refractivity contribution in [2.75, 3.05) is 12.4 Å². The Kier molecular flexibility index (Phi) is 6.97. The van der Waals surface area contributed by atoms with Gasteiger partial charge in [0.05, 0.1) is 6.61 Å². The monoisotopic (exact) mass is 273 g/mol. The third kappa shape index (κ3) is 5.30. The number of halogens is 1. The molecule has 0 spiro atoms. The van der Waals surface area contributed by atoms with Crippen LogP contribution >= 0.6 is 24.2 Å². The Labute approximate surface area is 114 Å². The molecule has 17 heavy (non-hydrogen) atoms. The van der Waals surface area contributed by atoms with Crippen LogP contribution in [0.4, 0.5) is 0 Å². The SMILES string of the molecule is CCCOCc1cc(CC(N)CS)ccc1Cl. The van der Waals surface area contributed by atoms with Gasteiger partial charge in [-0.3, -0.25) is 0 Å². The summed E-state index contributed by atoms with van der Waals surface area (Å²) < 4.78 is 5.51. The van der Waals surface area contributed by atoms with Crippen molar-refractivity contribution in [3.8, 4) is 0 Å². The topological polar surface area (TPSA) is 35.2 Å². The molecule has 2 nitrogen and oxygen atoms in total. The maximum Gasteiger partial charge on any atom is 0.0731 e. The second kappa shape index (κ2) is 7.98. The van der Waals surface area contributed by atoms with Crippen LogP contribution in [0.25, 0.3) is 0 Å². The number of thiol groups is 1. The fourth-order valence-electron chi connectivity index (χ4n) is 1.56. The summed E-state index contributed by atoms with van der Waals surface area (Å²) in [5, 5.41) is 0.754. The van der Waals surface area contributed by atoms with Crippen molar-refractivity contribution >= 4 is 24.2 Å². The van der Waals surface area contributed by atoms with Crippen LogP contribution in [0.5, 0.6) is 0 Å². The zero-order chi connectivity index (χ0) is 12.7. The zero-order valence-electron chi connectivity index (χ0n) is 10.2. The van der Waals surface area contributed by atoms with Gasteiger partial charge < -0.3 is 10.5 Å². The Morgan fingerprint density at radius 3 is 2.88 bits per heavy atom. The van der Waals surface area contributed by atoms with Crippen molar-refractivity contribution in [1.82, 2.24) is 0 Å². The number of benzene rings is 1. The van der Waals surface area contributed by atoms with Crippen molar-refractivity contribution in [3.05, 3.63) is 34.3 Å². The Morgan fingerprint density at radius 2 is 2.24 bits per heavy atom. The van der Waals surface area contributed by atoms with Gasteiger partial charge in [0.15, 0.2) is 0 Å². The van der Waals surface area contributed by atoms with Gasteiger partial charge in [0.1, 0.15) is 0 Å². The molecule has 1 atom stereocenters. The lowest BCUT2D eigenvalue weighted by Crippen LogP contribution is -2.24. The van der Waals surface area contributed by atoms with Crippen LogP contribution < -0.4 is 5.73 Å². The Balaban J connectivity index is 2.65. The molecule has 0 saturated heterocycles. The molecule has 0 fully saturated rings. The summed E-state index contributed by atoms with van der Waals surface area (Å²) in [7, 11) is 0. The van der Waals surface area contributed by atoms with E-state index in [1.807, 2.05) is 12.1 Å². The average Bonchev–Trinajstić information content (AvgIpc) is 2.33. The Hall–Kier alpha value is -0.220. The van der Waals surface area contributed by atoms with Crippen molar-refractivity contribution in [1.29, 1.82) is 0 Å². The normalized spacial score (nSPS) is 12.7. The summed E-state index contributed by atoms with van der Waals surface area (Å²) in [5.74, 6) is 0.685. The summed E-state index contributed by atoms with van der Waals surface area (Å²) in [5.41, 5.74) is 8.09. The van der Waals surface area contributed by atoms with Crippen molar-refractivity contribution < 1.29 is 4.74 Å². The van der Waals surface area contributed by atoms with E-state index in [1.165, 1.54) is 5.56 Å². The van der Waals surface area contributed by atoms with Crippen LogP contribution in [0.1, 0.15) is 24.5 Å². The highest BCUT2D eigenvalue weighted by Gasteiger charge is 2.06. The van der Waals surface area contributed by atoms with Gasteiger partial charge in [-0.05, 0) is 30.0 Å². The van der Waals surface area contributed by atoms with Crippen LogP contribution in [-0.4, -0.2) is 18.4 Å². The van der Waals surface area contributed by atoms with Gasteiger partial charge in [0.2, 0.25) is 0 Å². The molecule has 0 aromatic heterocycles. The number of nitrogens with two attached hydrogens (primary N) is 1. The second-order valence-corrected chi connectivity index (χ2v) is 4.90. The van der Waals surface area contributed by atoms with E-state index in [0.29, 0.717) is 12.4 Å². The molecule has 1 rings (SSSR count). The first-order chi connectivity index (χ1) is 8.17. The average molecular weight is 274 g/mol. The Morgan fingerprint density at radius 1 is 1.47 bits per heavy atom. The van der Waals surface area contributed by atoms with Crippen molar-refractivity contribution in [2.24, 2.45) is 5.73 Å². The van der Waals surface area contributed by atoms with Crippen LogP contribution in [0.15, 0.2) is 18.2 Å². The molecule has 0 amide bonds. The predicted molar refractivity (Wildman–Crippen MR) is 76.9 cm³/mol. The highest BCUT2D eigenvalue weighted by atomic mass is 35.5. The molecule has 96 valence electrons. The number of hydrogen-bond donors (Lipinski definition) is 2. The minimum atomic E-state index is 0.0870. The summed E-state index contributed by atoms with van der Waals surface area (Å²) in [6, 6.07) is 6.08. The molecule has 0 radical (unpaired) electrons. The zero-order valence-corrected chi connectivity index (χ0v) is 11.8. The number of ether oxygens (including phenoxy) is 1. The minimum absolute atomic E-state index is 0.0870. The van der Waals surface area contributed by atoms with Gasteiger partial charge in [0.25, 0.3) is 0 Å². The molecule has 0 bridgehead atoms. The predicted octanol–water partition coefficient (Wildman–Crippen LogP) is 3.07. The first-order valence-corrected chi connectivity index (χ1v) is 6.90. The van der Waals surface area contributed by atoms with Gasteiger partial charge in [0, 0.05) is 23.4 Å². The van der Waals surface area contributed by atoms with Crippen LogP contribution in [0, 0.1) is 0 Å². The molecule has 1 unspecified atom stereocenters. The van der Waals surface area contributed by atoms with E-state index in [-0.39, 0.29) is 6.04 Å². The first-order valence-electron chi connectivity index (χ1n) is 5.88. The summed E-state index contributed by atoms with van der Waals surface area (Å²) in [4.78, 5) is 0. The third-order valence-electron chi connectivity index (χ3n) is 2.45. The van der Waals surface area contributed by atoms with Crippen LogP contribution in [0.2, 0.25) is 5.02 Å². The lowest BCUT2D eigenvalue weighted by Gasteiger charge is -2.11. The summed E-state index contributed by atoms with van der Waals surface area (Å²) in [6.07, 6.45) is 1.84. The number of hydrogen-bond acceptors (Lipinski definition) is 3. The third-order valence-corrected chi connectivity index (χ3v) is 3.29. The van der Waals surface area contributed by atoms with E-state index in [4.69, 9.17) is 22.1 Å². The smallest absolute Gasteiger partial charge is 0.0731 e. The van der Waals surface area contributed by atoms with E-state index in [2.05, 4.69) is 25.6 Å². The van der Waals surface area contributed by atoms with E-state index in [1.54, 1.807) is 0 Å². The van der Waals surface area contributed by atoms with Crippen LogP contribution in [-0.2, 0) is 17.8 Å². The van der Waals surface area contributed by atoms with Gasteiger partial charge >= 0.3 is 0 Å². The molecular weight excluding hydrogens is 254 g/mol. The first kappa shape index (κ1) is 14.8. The molecule has 0 heterocycles. The molecule has 0 aliphatic rings. The fraction of sp³-hybridized carbons (Fsp3) is 0.538. The molecule has 2 N–H and O–H groups in total. The van der Waals surface area contributed by atoms with E-state index < -0.39 is 0 Å². The second-order valence-electron chi connectivity index (χ2n) is 4.13. The van der Waals surface area contributed by atoms with E-state index in [0.717, 1.165) is 30.0 Å². The fourth-order valence-corrected chi connectivity index (χ4v) is 1.86. The van der Waals surface area contributed by atoms with Gasteiger partial charge in [-0.15, -0.1) is 0 Å². The van der Waals surface area contributed by atoms with Crippen LogP contribution in [0.3, 0.4) is 0 Å². The lowest BCUT2D eigenvalue weighted by atomic mass is 10.0. The maximum atomic E-state index is 6.12. The molecule has 1 aromatic carbocycles. The quantitative estimate of drug-likeness (QED) is 0.592. The van der Waals surface area contributed by atoms with Gasteiger partial charge in [-0.2, -0.15) is 12.6 Å². The minimum Gasteiger partial charge on any atom is -0.377 e. The lowest BCUT2D eigenvalue weighted by molar-refractivity contribution is 0.121. The molecule has 0 saturated carbocycles. The molecule has 0 aliphatic heterocycles. The highest BCUT2D eigenvalue weighted by molar-refractivity contribution is 7.80.